The summed E-state index contributed by atoms with van der Waals surface area (Å²) in [6.45, 7) is 8.06. The monoisotopic (exact) mass is 179 g/mol. The minimum Gasteiger partial charge on any atom is -0.375 e. The first-order valence-corrected chi connectivity index (χ1v) is 4.46. The van der Waals surface area contributed by atoms with Gasteiger partial charge in [-0.1, -0.05) is 6.07 Å². The Morgan fingerprint density at radius 3 is 1.77 bits per heavy atom. The van der Waals surface area contributed by atoms with Gasteiger partial charge in [0.15, 0.2) is 0 Å². The lowest BCUT2D eigenvalue weighted by Gasteiger charge is -2.16. The average Bonchev–Trinajstić information content (AvgIpc) is 2.01. The van der Waals surface area contributed by atoms with Gasteiger partial charge >= 0.3 is 0 Å². The van der Waals surface area contributed by atoms with E-state index in [1.807, 2.05) is 27.7 Å². The van der Waals surface area contributed by atoms with Gasteiger partial charge in [0.25, 0.3) is 0 Å². The van der Waals surface area contributed by atoms with E-state index in [9.17, 15) is 5.11 Å². The van der Waals surface area contributed by atoms with Crippen LogP contribution in [0.2, 0.25) is 0 Å². The molecule has 13 heavy (non-hydrogen) atoms. The van der Waals surface area contributed by atoms with Gasteiger partial charge in [0.05, 0.1) is 0 Å². The summed E-state index contributed by atoms with van der Waals surface area (Å²) in [7, 11) is 0. The maximum Gasteiger partial charge on any atom is 0.129 e. The minimum absolute atomic E-state index is 0.862. The van der Waals surface area contributed by atoms with Crippen molar-refractivity contribution in [2.45, 2.75) is 33.9 Å². The van der Waals surface area contributed by atoms with Gasteiger partial charge in [0.1, 0.15) is 6.23 Å². The number of hydrogen-bond acceptors (Lipinski definition) is 2. The summed E-state index contributed by atoms with van der Waals surface area (Å²) < 4.78 is 0. The van der Waals surface area contributed by atoms with Crippen LogP contribution >= 0.6 is 0 Å². The fraction of sp³-hybridized carbons (Fsp3) is 0.455. The van der Waals surface area contributed by atoms with Gasteiger partial charge in [-0.3, -0.25) is 0 Å². The van der Waals surface area contributed by atoms with Crippen molar-refractivity contribution in [3.63, 3.8) is 0 Å². The number of rotatable bonds is 1. The van der Waals surface area contributed by atoms with E-state index in [-0.39, 0.29) is 0 Å². The van der Waals surface area contributed by atoms with Gasteiger partial charge in [-0.15, -0.1) is 0 Å². The van der Waals surface area contributed by atoms with Gasteiger partial charge < -0.3 is 10.8 Å². The van der Waals surface area contributed by atoms with Crippen LogP contribution in [0, 0.1) is 27.7 Å². The Kier molecular flexibility index (Phi) is 2.74. The number of aliphatic hydroxyl groups is 1. The molecule has 1 aromatic carbocycles. The Bertz CT molecular complexity index is 303. The predicted octanol–water partition coefficient (Wildman–Crippen LogP) is 1.87. The third-order valence-corrected chi connectivity index (χ3v) is 2.72. The van der Waals surface area contributed by atoms with E-state index < -0.39 is 6.23 Å². The maximum atomic E-state index is 9.41. The summed E-state index contributed by atoms with van der Waals surface area (Å²) in [5.41, 5.74) is 10.9. The summed E-state index contributed by atoms with van der Waals surface area (Å²) in [5, 5.41) is 9.41. The van der Waals surface area contributed by atoms with Crippen LogP contribution in [0.15, 0.2) is 6.07 Å². The topological polar surface area (TPSA) is 46.2 Å². The van der Waals surface area contributed by atoms with Gasteiger partial charge in [0.2, 0.25) is 0 Å². The first-order valence-electron chi connectivity index (χ1n) is 4.46. The second-order valence-corrected chi connectivity index (χ2v) is 3.62. The zero-order valence-corrected chi connectivity index (χ0v) is 8.68. The van der Waals surface area contributed by atoms with Crippen molar-refractivity contribution in [2.75, 3.05) is 0 Å². The van der Waals surface area contributed by atoms with Crippen molar-refractivity contribution in [3.05, 3.63) is 33.9 Å². The molecule has 1 aromatic rings. The van der Waals surface area contributed by atoms with E-state index in [1.165, 1.54) is 11.1 Å². The molecular weight excluding hydrogens is 162 g/mol. The Hall–Kier alpha value is -0.860. The molecule has 2 nitrogen and oxygen atoms in total. The first-order chi connectivity index (χ1) is 5.95. The van der Waals surface area contributed by atoms with Crippen LogP contribution < -0.4 is 5.73 Å². The van der Waals surface area contributed by atoms with Crippen molar-refractivity contribution in [1.29, 1.82) is 0 Å². The molecule has 1 rings (SSSR count). The summed E-state index contributed by atoms with van der Waals surface area (Å²) >= 11 is 0. The third-order valence-electron chi connectivity index (χ3n) is 2.72. The molecule has 0 fully saturated rings. The molecule has 2 heteroatoms. The lowest BCUT2D eigenvalue weighted by molar-refractivity contribution is 0.184. The maximum absolute atomic E-state index is 9.41. The third kappa shape index (κ3) is 1.74. The molecule has 1 unspecified atom stereocenters. The number of aryl methyl sites for hydroxylation is 2. The Labute approximate surface area is 79.4 Å². The number of benzene rings is 1. The second-order valence-electron chi connectivity index (χ2n) is 3.62. The van der Waals surface area contributed by atoms with E-state index in [4.69, 9.17) is 5.73 Å². The lowest BCUT2D eigenvalue weighted by atomic mass is 9.93. The fourth-order valence-electron chi connectivity index (χ4n) is 1.69. The molecule has 0 aliphatic heterocycles. The second kappa shape index (κ2) is 3.48. The highest BCUT2D eigenvalue weighted by Gasteiger charge is 2.12. The molecule has 0 amide bonds. The van der Waals surface area contributed by atoms with Crippen LogP contribution in [0.3, 0.4) is 0 Å². The highest BCUT2D eigenvalue weighted by Crippen LogP contribution is 2.24. The zero-order chi connectivity index (χ0) is 10.2. The normalized spacial score (nSPS) is 13.1. The molecule has 0 aliphatic rings. The van der Waals surface area contributed by atoms with Crippen LogP contribution in [0.25, 0.3) is 0 Å². The summed E-state index contributed by atoms with van der Waals surface area (Å²) in [5.74, 6) is 0. The molecule has 0 aromatic heterocycles. The Morgan fingerprint density at radius 1 is 1.08 bits per heavy atom. The van der Waals surface area contributed by atoms with Crippen LogP contribution in [0.1, 0.15) is 34.0 Å². The first kappa shape index (κ1) is 10.2. The molecule has 0 spiro atoms. The summed E-state index contributed by atoms with van der Waals surface area (Å²) in [4.78, 5) is 0. The van der Waals surface area contributed by atoms with Crippen molar-refractivity contribution < 1.29 is 5.11 Å². The van der Waals surface area contributed by atoms with Crippen LogP contribution in [-0.4, -0.2) is 5.11 Å². The van der Waals surface area contributed by atoms with E-state index in [0.29, 0.717) is 0 Å². The van der Waals surface area contributed by atoms with E-state index >= 15 is 0 Å². The van der Waals surface area contributed by atoms with Crippen LogP contribution in [0.5, 0.6) is 0 Å². The molecule has 0 radical (unpaired) electrons. The molecule has 0 saturated heterocycles. The molecule has 1 atom stereocenters. The standard InChI is InChI=1S/C11H17NO/c1-6-5-7(2)9(4)10(8(6)3)11(12)13/h5,11,13H,12H2,1-4H3. The van der Waals surface area contributed by atoms with Crippen LogP contribution in [0.4, 0.5) is 0 Å². The van der Waals surface area contributed by atoms with Crippen molar-refractivity contribution in [2.24, 2.45) is 5.73 Å². The minimum atomic E-state index is -0.862. The molecular formula is C11H17NO. The van der Waals surface area contributed by atoms with Gasteiger partial charge in [0, 0.05) is 5.56 Å². The smallest absolute Gasteiger partial charge is 0.129 e. The molecule has 0 heterocycles. The van der Waals surface area contributed by atoms with E-state index in [0.717, 1.165) is 16.7 Å². The number of hydrogen-bond donors (Lipinski definition) is 2. The highest BCUT2D eigenvalue weighted by atomic mass is 16.3. The van der Waals surface area contributed by atoms with E-state index in [2.05, 4.69) is 6.07 Å². The quantitative estimate of drug-likeness (QED) is 0.646. The summed E-state index contributed by atoms with van der Waals surface area (Å²) in [6, 6.07) is 2.12. The predicted molar refractivity (Wildman–Crippen MR) is 54.5 cm³/mol. The van der Waals surface area contributed by atoms with Gasteiger partial charge in [-0.2, -0.15) is 0 Å². The van der Waals surface area contributed by atoms with E-state index in [1.54, 1.807) is 0 Å². The zero-order valence-electron chi connectivity index (χ0n) is 8.68. The van der Waals surface area contributed by atoms with Crippen molar-refractivity contribution >= 4 is 0 Å². The fourth-order valence-corrected chi connectivity index (χ4v) is 1.69. The SMILES string of the molecule is Cc1cc(C)c(C)c(C(N)O)c1C. The molecule has 72 valence electrons. The van der Waals surface area contributed by atoms with Crippen molar-refractivity contribution in [3.8, 4) is 0 Å². The van der Waals surface area contributed by atoms with Crippen molar-refractivity contribution in [1.82, 2.24) is 0 Å². The van der Waals surface area contributed by atoms with Crippen LogP contribution in [-0.2, 0) is 0 Å². The highest BCUT2D eigenvalue weighted by molar-refractivity contribution is 5.44. The largest absolute Gasteiger partial charge is 0.375 e. The molecule has 0 aliphatic carbocycles. The summed E-state index contributed by atoms with van der Waals surface area (Å²) in [6.07, 6.45) is -0.862. The van der Waals surface area contributed by atoms with Gasteiger partial charge in [-0.25, -0.2) is 0 Å². The average molecular weight is 179 g/mol. The molecule has 0 bridgehead atoms. The Balaban J connectivity index is 3.46. The Morgan fingerprint density at radius 2 is 1.46 bits per heavy atom. The number of nitrogens with two attached hydrogens (primary N) is 1. The number of aliphatic hydroxyl groups excluding tert-OH is 1. The van der Waals surface area contributed by atoms with Gasteiger partial charge in [-0.05, 0) is 49.9 Å². The molecule has 0 saturated carbocycles. The molecule has 3 N–H and O–H groups in total. The lowest BCUT2D eigenvalue weighted by Crippen LogP contribution is -2.13.